The van der Waals surface area contributed by atoms with Crippen molar-refractivity contribution in [1.82, 2.24) is 4.90 Å². The predicted octanol–water partition coefficient (Wildman–Crippen LogP) is 1.87. The lowest BCUT2D eigenvalue weighted by molar-refractivity contribution is -0.145. The summed E-state index contributed by atoms with van der Waals surface area (Å²) >= 11 is 0. The second-order valence-corrected chi connectivity index (χ2v) is 5.23. The molecule has 1 aliphatic rings. The van der Waals surface area contributed by atoms with Crippen molar-refractivity contribution in [3.05, 3.63) is 29.8 Å². The maximum absolute atomic E-state index is 12.0. The summed E-state index contributed by atoms with van der Waals surface area (Å²) in [6.45, 7) is 2.78. The minimum absolute atomic E-state index is 0.130. The lowest BCUT2D eigenvalue weighted by atomic mass is 10.0. The summed E-state index contributed by atoms with van der Waals surface area (Å²) < 4.78 is 0. The van der Waals surface area contributed by atoms with Gasteiger partial charge in [-0.25, -0.2) is 0 Å². The number of rotatable bonds is 4. The second kappa shape index (κ2) is 6.52. The van der Waals surface area contributed by atoms with E-state index in [1.165, 1.54) is 0 Å². The molecule has 2 N–H and O–H groups in total. The largest absolute Gasteiger partial charge is 0.480 e. The van der Waals surface area contributed by atoms with E-state index in [9.17, 15) is 9.59 Å². The molecule has 5 nitrogen and oxygen atoms in total. The monoisotopic (exact) mass is 276 g/mol. The molecule has 1 fully saturated rings. The molecule has 0 bridgehead atoms. The smallest absolute Gasteiger partial charge is 0.320 e. The molecule has 5 heteroatoms. The van der Waals surface area contributed by atoms with E-state index < -0.39 is 12.0 Å². The lowest BCUT2D eigenvalue weighted by Gasteiger charge is -2.32. The highest BCUT2D eigenvalue weighted by Gasteiger charge is 2.29. The second-order valence-electron chi connectivity index (χ2n) is 5.23. The van der Waals surface area contributed by atoms with Crippen LogP contribution in [0, 0.1) is 6.92 Å². The first kappa shape index (κ1) is 14.5. The van der Waals surface area contributed by atoms with Gasteiger partial charge in [-0.15, -0.1) is 0 Å². The molecule has 0 radical (unpaired) electrons. The minimum Gasteiger partial charge on any atom is -0.480 e. The van der Waals surface area contributed by atoms with E-state index in [0.717, 1.165) is 24.1 Å². The van der Waals surface area contributed by atoms with Gasteiger partial charge in [-0.2, -0.15) is 0 Å². The van der Waals surface area contributed by atoms with Crippen molar-refractivity contribution in [3.8, 4) is 0 Å². The van der Waals surface area contributed by atoms with Gasteiger partial charge >= 0.3 is 5.97 Å². The number of nitrogens with one attached hydrogen (secondary N) is 1. The van der Waals surface area contributed by atoms with Crippen molar-refractivity contribution in [2.45, 2.75) is 32.2 Å². The maximum atomic E-state index is 12.0. The number of hydrogen-bond donors (Lipinski definition) is 2. The topological polar surface area (TPSA) is 69.6 Å². The Morgan fingerprint density at radius 2 is 2.00 bits per heavy atom. The predicted molar refractivity (Wildman–Crippen MR) is 76.7 cm³/mol. The SMILES string of the molecule is Cc1ccc(NC(=O)CN2CCCCC2C(=O)O)cc1. The first-order chi connectivity index (χ1) is 9.56. The van der Waals surface area contributed by atoms with Crippen LogP contribution >= 0.6 is 0 Å². The molecule has 1 aromatic rings. The number of carbonyl (C=O) groups excluding carboxylic acids is 1. The molecule has 0 aromatic heterocycles. The van der Waals surface area contributed by atoms with Crippen molar-refractivity contribution >= 4 is 17.6 Å². The Kier molecular flexibility index (Phi) is 4.74. The van der Waals surface area contributed by atoms with Gasteiger partial charge in [0.25, 0.3) is 0 Å². The van der Waals surface area contributed by atoms with Crippen LogP contribution < -0.4 is 5.32 Å². The Bertz CT molecular complexity index is 484. The van der Waals surface area contributed by atoms with E-state index in [1.807, 2.05) is 31.2 Å². The molecule has 1 heterocycles. The highest BCUT2D eigenvalue weighted by atomic mass is 16.4. The van der Waals surface area contributed by atoms with Crippen LogP contribution in [0.1, 0.15) is 24.8 Å². The summed E-state index contributed by atoms with van der Waals surface area (Å²) in [4.78, 5) is 24.9. The molecule has 0 saturated carbocycles. The fraction of sp³-hybridized carbons (Fsp3) is 0.467. The molecule has 1 aromatic carbocycles. The van der Waals surface area contributed by atoms with Gasteiger partial charge in [0.1, 0.15) is 6.04 Å². The minimum atomic E-state index is -0.840. The van der Waals surface area contributed by atoms with Gasteiger partial charge in [-0.05, 0) is 38.4 Å². The third kappa shape index (κ3) is 3.81. The van der Waals surface area contributed by atoms with Gasteiger partial charge in [0, 0.05) is 5.69 Å². The van der Waals surface area contributed by atoms with Crippen molar-refractivity contribution < 1.29 is 14.7 Å². The van der Waals surface area contributed by atoms with Crippen LogP contribution in [-0.2, 0) is 9.59 Å². The van der Waals surface area contributed by atoms with Crippen LogP contribution in [0.3, 0.4) is 0 Å². The van der Waals surface area contributed by atoms with Crippen LogP contribution in [0.15, 0.2) is 24.3 Å². The van der Waals surface area contributed by atoms with Gasteiger partial charge in [0.05, 0.1) is 6.54 Å². The van der Waals surface area contributed by atoms with Crippen LogP contribution in [0.2, 0.25) is 0 Å². The highest BCUT2D eigenvalue weighted by Crippen LogP contribution is 2.17. The zero-order chi connectivity index (χ0) is 14.5. The fourth-order valence-electron chi connectivity index (χ4n) is 2.48. The molecular formula is C15H20N2O3. The van der Waals surface area contributed by atoms with E-state index in [4.69, 9.17) is 5.11 Å². The number of likely N-dealkylation sites (tertiary alicyclic amines) is 1. The number of piperidine rings is 1. The molecule has 1 unspecified atom stereocenters. The Hall–Kier alpha value is -1.88. The highest BCUT2D eigenvalue weighted by molar-refractivity contribution is 5.92. The molecule has 0 aliphatic carbocycles. The first-order valence-corrected chi connectivity index (χ1v) is 6.89. The molecule has 2 rings (SSSR count). The van der Waals surface area contributed by atoms with Crippen molar-refractivity contribution in [3.63, 3.8) is 0 Å². The molecular weight excluding hydrogens is 256 g/mol. The summed E-state index contributed by atoms with van der Waals surface area (Å²) in [6.07, 6.45) is 2.47. The Balaban J connectivity index is 1.92. The zero-order valence-corrected chi connectivity index (χ0v) is 11.6. The molecule has 0 spiro atoms. The number of carboxylic acids is 1. The number of hydrogen-bond acceptors (Lipinski definition) is 3. The van der Waals surface area contributed by atoms with E-state index in [-0.39, 0.29) is 12.5 Å². The molecule has 108 valence electrons. The summed E-state index contributed by atoms with van der Waals surface area (Å²) in [6, 6.07) is 7.01. The zero-order valence-electron chi connectivity index (χ0n) is 11.6. The summed E-state index contributed by atoms with van der Waals surface area (Å²) in [5.74, 6) is -1.00. The van der Waals surface area contributed by atoms with Crippen molar-refractivity contribution in [2.75, 3.05) is 18.4 Å². The Labute approximate surface area is 118 Å². The number of carbonyl (C=O) groups is 2. The number of amides is 1. The number of anilines is 1. The summed E-state index contributed by atoms with van der Waals surface area (Å²) in [5.41, 5.74) is 1.87. The van der Waals surface area contributed by atoms with Crippen LogP contribution in [0.5, 0.6) is 0 Å². The molecule has 1 aliphatic heterocycles. The summed E-state index contributed by atoms with van der Waals surface area (Å²) in [7, 11) is 0. The lowest BCUT2D eigenvalue weighted by Crippen LogP contribution is -2.47. The van der Waals surface area contributed by atoms with E-state index in [0.29, 0.717) is 13.0 Å². The van der Waals surface area contributed by atoms with Gasteiger partial charge in [0.15, 0.2) is 0 Å². The standard InChI is InChI=1S/C15H20N2O3/c1-11-5-7-12(8-6-11)16-14(18)10-17-9-3-2-4-13(17)15(19)20/h5-8,13H,2-4,9-10H2,1H3,(H,16,18)(H,19,20). The first-order valence-electron chi connectivity index (χ1n) is 6.89. The average Bonchev–Trinajstić information content (AvgIpc) is 2.41. The van der Waals surface area contributed by atoms with E-state index >= 15 is 0 Å². The van der Waals surface area contributed by atoms with E-state index in [1.54, 1.807) is 4.90 Å². The van der Waals surface area contributed by atoms with Gasteiger partial charge < -0.3 is 10.4 Å². The average molecular weight is 276 g/mol. The van der Waals surface area contributed by atoms with Crippen molar-refractivity contribution in [1.29, 1.82) is 0 Å². The third-order valence-electron chi connectivity index (χ3n) is 3.58. The van der Waals surface area contributed by atoms with Crippen LogP contribution in [0.25, 0.3) is 0 Å². The Morgan fingerprint density at radius 3 is 2.65 bits per heavy atom. The number of aryl methyl sites for hydroxylation is 1. The number of carboxylic acid groups (broad SMARTS) is 1. The summed E-state index contributed by atoms with van der Waals surface area (Å²) in [5, 5.41) is 12.0. The van der Waals surface area contributed by atoms with Crippen LogP contribution in [-0.4, -0.2) is 41.0 Å². The third-order valence-corrected chi connectivity index (χ3v) is 3.58. The molecule has 20 heavy (non-hydrogen) atoms. The van der Waals surface area contributed by atoms with Crippen LogP contribution in [0.4, 0.5) is 5.69 Å². The Morgan fingerprint density at radius 1 is 1.30 bits per heavy atom. The van der Waals surface area contributed by atoms with Gasteiger partial charge in [-0.1, -0.05) is 24.1 Å². The fourth-order valence-corrected chi connectivity index (χ4v) is 2.48. The van der Waals surface area contributed by atoms with E-state index in [2.05, 4.69) is 5.32 Å². The molecule has 1 saturated heterocycles. The quantitative estimate of drug-likeness (QED) is 0.881. The number of nitrogens with zero attached hydrogens (tertiary/aromatic N) is 1. The molecule has 1 atom stereocenters. The number of aliphatic carboxylic acids is 1. The van der Waals surface area contributed by atoms with Crippen molar-refractivity contribution in [2.24, 2.45) is 0 Å². The normalized spacial score (nSPS) is 19.6. The van der Waals surface area contributed by atoms with Gasteiger partial charge in [-0.3, -0.25) is 14.5 Å². The maximum Gasteiger partial charge on any atom is 0.320 e. The number of benzene rings is 1. The van der Waals surface area contributed by atoms with Gasteiger partial charge in [0.2, 0.25) is 5.91 Å². The molecule has 1 amide bonds.